The van der Waals surface area contributed by atoms with E-state index in [-0.39, 0.29) is 18.4 Å². The Kier molecular flexibility index (Phi) is 8.37. The van der Waals surface area contributed by atoms with Gasteiger partial charge in [-0.3, -0.25) is 14.5 Å². The van der Waals surface area contributed by atoms with E-state index in [1.54, 1.807) is 11.9 Å². The number of hydrogen-bond donors (Lipinski definition) is 1. The summed E-state index contributed by atoms with van der Waals surface area (Å²) in [4.78, 5) is 26.1. The Balaban J connectivity index is 4.22. The molecule has 0 spiro atoms. The van der Waals surface area contributed by atoms with Gasteiger partial charge in [-0.1, -0.05) is 13.3 Å². The molecule has 0 unspecified atom stereocenters. The molecule has 0 atom stereocenters. The third-order valence-corrected chi connectivity index (χ3v) is 2.95. The van der Waals surface area contributed by atoms with Crippen LogP contribution in [0, 0.1) is 0 Å². The van der Waals surface area contributed by atoms with Gasteiger partial charge in [0.05, 0.1) is 13.0 Å². The summed E-state index contributed by atoms with van der Waals surface area (Å²) >= 11 is 0. The molecule has 0 heterocycles. The molecule has 1 N–H and O–H groups in total. The fourth-order valence-corrected chi connectivity index (χ4v) is 1.57. The molecule has 0 aromatic rings. The monoisotopic (exact) mass is 258 g/mol. The van der Waals surface area contributed by atoms with Crippen LogP contribution in [0.3, 0.4) is 0 Å². The van der Waals surface area contributed by atoms with E-state index in [0.29, 0.717) is 13.1 Å². The highest BCUT2D eigenvalue weighted by atomic mass is 16.4. The Labute approximate surface area is 110 Å². The van der Waals surface area contributed by atoms with Crippen molar-refractivity contribution in [3.8, 4) is 0 Å². The normalized spacial score (nSPS) is 11.0. The first-order chi connectivity index (χ1) is 8.38. The summed E-state index contributed by atoms with van der Waals surface area (Å²) in [5.41, 5.74) is 0. The Bertz CT molecular complexity index is 267. The van der Waals surface area contributed by atoms with Crippen molar-refractivity contribution in [2.45, 2.75) is 46.1 Å². The van der Waals surface area contributed by atoms with E-state index in [9.17, 15) is 9.59 Å². The SMILES string of the molecule is CCCCN(C)C(=O)CN(CCC(=O)O)C(C)C. The van der Waals surface area contributed by atoms with Crippen molar-refractivity contribution in [3.63, 3.8) is 0 Å². The number of hydrogen-bond acceptors (Lipinski definition) is 3. The van der Waals surface area contributed by atoms with Gasteiger partial charge in [0.15, 0.2) is 0 Å². The lowest BCUT2D eigenvalue weighted by Crippen LogP contribution is -2.42. The lowest BCUT2D eigenvalue weighted by molar-refractivity contribution is -0.138. The number of carbonyl (C=O) groups is 2. The quantitative estimate of drug-likeness (QED) is 0.679. The predicted octanol–water partition coefficient (Wildman–Crippen LogP) is 1.43. The predicted molar refractivity (Wildman–Crippen MR) is 71.5 cm³/mol. The van der Waals surface area contributed by atoms with E-state index in [4.69, 9.17) is 5.11 Å². The number of aliphatic carboxylic acids is 1. The van der Waals surface area contributed by atoms with Crippen molar-refractivity contribution in [2.75, 3.05) is 26.7 Å². The number of carboxylic acids is 1. The van der Waals surface area contributed by atoms with Gasteiger partial charge >= 0.3 is 5.97 Å². The third kappa shape index (κ3) is 7.27. The average Bonchev–Trinajstić information content (AvgIpc) is 2.30. The van der Waals surface area contributed by atoms with Gasteiger partial charge in [-0.2, -0.15) is 0 Å². The van der Waals surface area contributed by atoms with Crippen LogP contribution in [0.15, 0.2) is 0 Å². The van der Waals surface area contributed by atoms with Crippen LogP contribution in [0.2, 0.25) is 0 Å². The second-order valence-electron chi connectivity index (χ2n) is 4.88. The van der Waals surface area contributed by atoms with Gasteiger partial charge in [-0.15, -0.1) is 0 Å². The summed E-state index contributed by atoms with van der Waals surface area (Å²) in [7, 11) is 1.80. The highest BCUT2D eigenvalue weighted by Crippen LogP contribution is 2.02. The highest BCUT2D eigenvalue weighted by Gasteiger charge is 2.17. The second-order valence-corrected chi connectivity index (χ2v) is 4.88. The fraction of sp³-hybridized carbons (Fsp3) is 0.846. The molecule has 0 saturated carbocycles. The highest BCUT2D eigenvalue weighted by molar-refractivity contribution is 5.78. The molecule has 1 amide bonds. The molecule has 0 bridgehead atoms. The van der Waals surface area contributed by atoms with Gasteiger partial charge in [0.1, 0.15) is 0 Å². The van der Waals surface area contributed by atoms with Gasteiger partial charge in [-0.25, -0.2) is 0 Å². The van der Waals surface area contributed by atoms with Gasteiger partial charge < -0.3 is 10.0 Å². The maximum Gasteiger partial charge on any atom is 0.304 e. The summed E-state index contributed by atoms with van der Waals surface area (Å²) < 4.78 is 0. The topological polar surface area (TPSA) is 60.9 Å². The van der Waals surface area contributed by atoms with Crippen LogP contribution in [0.5, 0.6) is 0 Å². The largest absolute Gasteiger partial charge is 0.481 e. The van der Waals surface area contributed by atoms with E-state index in [2.05, 4.69) is 6.92 Å². The van der Waals surface area contributed by atoms with E-state index in [0.717, 1.165) is 19.4 Å². The average molecular weight is 258 g/mol. The second kappa shape index (κ2) is 8.91. The van der Waals surface area contributed by atoms with Crippen molar-refractivity contribution >= 4 is 11.9 Å². The summed E-state index contributed by atoms with van der Waals surface area (Å²) in [6.07, 6.45) is 2.13. The molecule has 0 aromatic carbocycles. The summed E-state index contributed by atoms with van der Waals surface area (Å²) in [6.45, 7) is 7.51. The van der Waals surface area contributed by atoms with Crippen molar-refractivity contribution in [2.24, 2.45) is 0 Å². The first-order valence-corrected chi connectivity index (χ1v) is 6.58. The molecule has 5 heteroatoms. The van der Waals surface area contributed by atoms with Crippen molar-refractivity contribution in [1.82, 2.24) is 9.80 Å². The van der Waals surface area contributed by atoms with E-state index in [1.165, 1.54) is 0 Å². The number of nitrogens with zero attached hydrogens (tertiary/aromatic N) is 2. The van der Waals surface area contributed by atoms with Crippen LogP contribution in [0.1, 0.15) is 40.0 Å². The van der Waals surface area contributed by atoms with E-state index >= 15 is 0 Å². The molecule has 0 fully saturated rings. The van der Waals surface area contributed by atoms with E-state index in [1.807, 2.05) is 18.7 Å². The zero-order valence-corrected chi connectivity index (χ0v) is 12.0. The minimum Gasteiger partial charge on any atom is -0.481 e. The molecule has 5 nitrogen and oxygen atoms in total. The number of rotatable bonds is 9. The maximum atomic E-state index is 11.9. The third-order valence-electron chi connectivity index (χ3n) is 2.95. The molecule has 0 saturated heterocycles. The van der Waals surface area contributed by atoms with Crippen molar-refractivity contribution < 1.29 is 14.7 Å². The Morgan fingerprint density at radius 2 is 1.83 bits per heavy atom. The molecular formula is C13H26N2O3. The summed E-state index contributed by atoms with van der Waals surface area (Å²) in [5, 5.41) is 8.68. The molecule has 0 aliphatic rings. The Morgan fingerprint density at radius 1 is 1.22 bits per heavy atom. The molecule has 106 valence electrons. The van der Waals surface area contributed by atoms with Crippen molar-refractivity contribution in [1.29, 1.82) is 0 Å². The van der Waals surface area contributed by atoms with E-state index < -0.39 is 5.97 Å². The van der Waals surface area contributed by atoms with Crippen LogP contribution in [-0.4, -0.2) is 59.5 Å². The van der Waals surface area contributed by atoms with Crippen LogP contribution < -0.4 is 0 Å². The lowest BCUT2D eigenvalue weighted by atomic mass is 10.2. The summed E-state index contributed by atoms with van der Waals surface area (Å²) in [6, 6.07) is 0.174. The molecule has 0 aliphatic heterocycles. The zero-order valence-electron chi connectivity index (χ0n) is 12.0. The standard InChI is InChI=1S/C13H26N2O3/c1-5-6-8-14(4)12(16)10-15(11(2)3)9-7-13(17)18/h11H,5-10H2,1-4H3,(H,17,18). The van der Waals surface area contributed by atoms with Crippen LogP contribution >= 0.6 is 0 Å². The zero-order chi connectivity index (χ0) is 14.1. The molecule has 0 aliphatic carbocycles. The fourth-order valence-electron chi connectivity index (χ4n) is 1.57. The minimum atomic E-state index is -0.826. The van der Waals surface area contributed by atoms with Crippen LogP contribution in [-0.2, 0) is 9.59 Å². The van der Waals surface area contributed by atoms with Gasteiger partial charge in [0.2, 0.25) is 5.91 Å². The lowest BCUT2D eigenvalue weighted by Gasteiger charge is -2.27. The number of amides is 1. The number of unbranched alkanes of at least 4 members (excludes halogenated alkanes) is 1. The van der Waals surface area contributed by atoms with Gasteiger partial charge in [0.25, 0.3) is 0 Å². The first kappa shape index (κ1) is 16.9. The van der Waals surface area contributed by atoms with Crippen LogP contribution in [0.25, 0.3) is 0 Å². The van der Waals surface area contributed by atoms with Crippen LogP contribution in [0.4, 0.5) is 0 Å². The molecule has 0 radical (unpaired) electrons. The smallest absolute Gasteiger partial charge is 0.304 e. The molecular weight excluding hydrogens is 232 g/mol. The molecule has 0 aromatic heterocycles. The maximum absolute atomic E-state index is 11.9. The molecule has 18 heavy (non-hydrogen) atoms. The van der Waals surface area contributed by atoms with Crippen molar-refractivity contribution in [3.05, 3.63) is 0 Å². The first-order valence-electron chi connectivity index (χ1n) is 6.58. The van der Waals surface area contributed by atoms with Gasteiger partial charge in [0, 0.05) is 26.2 Å². The molecule has 0 rings (SSSR count). The Morgan fingerprint density at radius 3 is 2.28 bits per heavy atom. The van der Waals surface area contributed by atoms with Gasteiger partial charge in [-0.05, 0) is 20.3 Å². The number of carbonyl (C=O) groups excluding carboxylic acids is 1. The Hall–Kier alpha value is -1.10. The number of likely N-dealkylation sites (N-methyl/N-ethyl adjacent to an activating group) is 1. The summed E-state index contributed by atoms with van der Waals surface area (Å²) in [5.74, 6) is -0.769. The number of carboxylic acid groups (broad SMARTS) is 1. The minimum absolute atomic E-state index is 0.0579.